The SMILES string of the molecule is CC1(NC(=O)c2ccccc2CCN)CCOC1. The van der Waals surface area contributed by atoms with Crippen LogP contribution in [0.5, 0.6) is 0 Å². The largest absolute Gasteiger partial charge is 0.379 e. The van der Waals surface area contributed by atoms with E-state index in [4.69, 9.17) is 10.5 Å². The second kappa shape index (κ2) is 5.50. The van der Waals surface area contributed by atoms with Crippen LogP contribution in [0.2, 0.25) is 0 Å². The Hall–Kier alpha value is -1.39. The number of hydrogen-bond acceptors (Lipinski definition) is 3. The molecular weight excluding hydrogens is 228 g/mol. The number of benzene rings is 1. The third-order valence-corrected chi connectivity index (χ3v) is 3.31. The van der Waals surface area contributed by atoms with Gasteiger partial charge in [0.25, 0.3) is 5.91 Å². The van der Waals surface area contributed by atoms with Gasteiger partial charge in [-0.1, -0.05) is 18.2 Å². The summed E-state index contributed by atoms with van der Waals surface area (Å²) in [4.78, 5) is 12.3. The highest BCUT2D eigenvalue weighted by atomic mass is 16.5. The molecule has 18 heavy (non-hydrogen) atoms. The fourth-order valence-electron chi connectivity index (χ4n) is 2.22. The highest BCUT2D eigenvalue weighted by Gasteiger charge is 2.31. The van der Waals surface area contributed by atoms with Crippen molar-refractivity contribution < 1.29 is 9.53 Å². The molecular formula is C14H20N2O2. The minimum atomic E-state index is -0.243. The van der Waals surface area contributed by atoms with Crippen molar-refractivity contribution in [3.8, 4) is 0 Å². The molecule has 0 aromatic heterocycles. The lowest BCUT2D eigenvalue weighted by Gasteiger charge is -2.24. The van der Waals surface area contributed by atoms with Gasteiger partial charge in [-0.3, -0.25) is 4.79 Å². The summed E-state index contributed by atoms with van der Waals surface area (Å²) in [5.74, 6) is -0.0351. The highest BCUT2D eigenvalue weighted by molar-refractivity contribution is 5.96. The lowest BCUT2D eigenvalue weighted by Crippen LogP contribution is -2.46. The number of rotatable bonds is 4. The van der Waals surface area contributed by atoms with Crippen LogP contribution < -0.4 is 11.1 Å². The maximum absolute atomic E-state index is 12.3. The molecule has 3 N–H and O–H groups in total. The molecule has 0 radical (unpaired) electrons. The van der Waals surface area contributed by atoms with Crippen molar-refractivity contribution in [2.24, 2.45) is 5.73 Å². The summed E-state index contributed by atoms with van der Waals surface area (Å²) < 4.78 is 5.34. The molecule has 1 unspecified atom stereocenters. The van der Waals surface area contributed by atoms with Crippen LogP contribution in [0.15, 0.2) is 24.3 Å². The lowest BCUT2D eigenvalue weighted by molar-refractivity contribution is 0.0889. The molecule has 1 atom stereocenters. The van der Waals surface area contributed by atoms with Gasteiger partial charge in [0.2, 0.25) is 0 Å². The second-order valence-corrected chi connectivity index (χ2v) is 5.01. The van der Waals surface area contributed by atoms with E-state index in [1.807, 2.05) is 31.2 Å². The number of carbonyl (C=O) groups is 1. The molecule has 0 aliphatic carbocycles. The van der Waals surface area contributed by atoms with Crippen LogP contribution in [0.3, 0.4) is 0 Å². The normalized spacial score (nSPS) is 23.0. The highest BCUT2D eigenvalue weighted by Crippen LogP contribution is 2.19. The number of carbonyl (C=O) groups excluding carboxylic acids is 1. The average Bonchev–Trinajstić information content (AvgIpc) is 2.77. The molecule has 1 fully saturated rings. The maximum Gasteiger partial charge on any atom is 0.252 e. The molecule has 0 bridgehead atoms. The number of hydrogen-bond donors (Lipinski definition) is 2. The molecule has 4 nitrogen and oxygen atoms in total. The Morgan fingerprint density at radius 2 is 2.28 bits per heavy atom. The van der Waals surface area contributed by atoms with E-state index in [9.17, 15) is 4.79 Å². The third-order valence-electron chi connectivity index (χ3n) is 3.31. The van der Waals surface area contributed by atoms with Crippen molar-refractivity contribution in [1.29, 1.82) is 0 Å². The van der Waals surface area contributed by atoms with Crippen LogP contribution >= 0.6 is 0 Å². The molecule has 98 valence electrons. The molecule has 0 saturated carbocycles. The quantitative estimate of drug-likeness (QED) is 0.838. The van der Waals surface area contributed by atoms with Crippen LogP contribution in [0, 0.1) is 0 Å². The first-order valence-corrected chi connectivity index (χ1v) is 6.33. The van der Waals surface area contributed by atoms with Crippen molar-refractivity contribution in [1.82, 2.24) is 5.32 Å². The van der Waals surface area contributed by atoms with Crippen molar-refractivity contribution in [3.63, 3.8) is 0 Å². The molecule has 0 spiro atoms. The Bertz CT molecular complexity index is 426. The van der Waals surface area contributed by atoms with E-state index in [1.165, 1.54) is 0 Å². The first-order chi connectivity index (χ1) is 8.64. The van der Waals surface area contributed by atoms with Crippen LogP contribution in [0.1, 0.15) is 29.3 Å². The summed E-state index contributed by atoms with van der Waals surface area (Å²) in [6.45, 7) is 3.85. The predicted octanol–water partition coefficient (Wildman–Crippen LogP) is 1.10. The number of amides is 1. The summed E-state index contributed by atoms with van der Waals surface area (Å²) in [5.41, 5.74) is 7.04. The standard InChI is InChI=1S/C14H20N2O2/c1-14(7-9-18-10-14)16-13(17)12-5-3-2-4-11(12)6-8-15/h2-5H,6-10,15H2,1H3,(H,16,17). The Morgan fingerprint density at radius 3 is 2.94 bits per heavy atom. The van der Waals surface area contributed by atoms with Gasteiger partial charge in [-0.15, -0.1) is 0 Å². The molecule has 1 saturated heterocycles. The van der Waals surface area contributed by atoms with Gasteiger partial charge in [-0.05, 0) is 37.9 Å². The number of nitrogens with two attached hydrogens (primary N) is 1. The fourth-order valence-corrected chi connectivity index (χ4v) is 2.22. The second-order valence-electron chi connectivity index (χ2n) is 5.01. The van der Waals surface area contributed by atoms with E-state index in [0.717, 1.165) is 24.0 Å². The minimum Gasteiger partial charge on any atom is -0.379 e. The van der Waals surface area contributed by atoms with E-state index in [1.54, 1.807) is 0 Å². The maximum atomic E-state index is 12.3. The number of ether oxygens (including phenoxy) is 1. The van der Waals surface area contributed by atoms with Gasteiger partial charge in [0.1, 0.15) is 0 Å². The van der Waals surface area contributed by atoms with E-state index >= 15 is 0 Å². The van der Waals surface area contributed by atoms with Crippen molar-refractivity contribution >= 4 is 5.91 Å². The van der Waals surface area contributed by atoms with E-state index in [2.05, 4.69) is 5.32 Å². The molecule has 1 aliphatic heterocycles. The van der Waals surface area contributed by atoms with Crippen molar-refractivity contribution in [2.75, 3.05) is 19.8 Å². The first-order valence-electron chi connectivity index (χ1n) is 6.33. The Balaban J connectivity index is 2.13. The summed E-state index contributed by atoms with van der Waals surface area (Å²) >= 11 is 0. The summed E-state index contributed by atoms with van der Waals surface area (Å²) in [6.07, 6.45) is 1.58. The van der Waals surface area contributed by atoms with Crippen LogP contribution in [0.25, 0.3) is 0 Å². The van der Waals surface area contributed by atoms with Crippen LogP contribution in [-0.2, 0) is 11.2 Å². The smallest absolute Gasteiger partial charge is 0.252 e. The van der Waals surface area contributed by atoms with Gasteiger partial charge in [0, 0.05) is 12.2 Å². The van der Waals surface area contributed by atoms with Gasteiger partial charge in [0.05, 0.1) is 12.1 Å². The predicted molar refractivity (Wildman–Crippen MR) is 70.5 cm³/mol. The molecule has 1 amide bonds. The minimum absolute atomic E-state index is 0.0351. The Labute approximate surface area is 108 Å². The molecule has 1 aromatic rings. The van der Waals surface area contributed by atoms with Gasteiger partial charge in [-0.25, -0.2) is 0 Å². The summed E-state index contributed by atoms with van der Waals surface area (Å²) in [7, 11) is 0. The van der Waals surface area contributed by atoms with Crippen LogP contribution in [0.4, 0.5) is 0 Å². The average molecular weight is 248 g/mol. The third kappa shape index (κ3) is 2.89. The van der Waals surface area contributed by atoms with Crippen LogP contribution in [-0.4, -0.2) is 31.2 Å². The summed E-state index contributed by atoms with van der Waals surface area (Å²) in [5, 5.41) is 3.07. The van der Waals surface area contributed by atoms with E-state index < -0.39 is 0 Å². The zero-order valence-corrected chi connectivity index (χ0v) is 10.7. The first kappa shape index (κ1) is 13.1. The molecule has 2 rings (SSSR count). The fraction of sp³-hybridized carbons (Fsp3) is 0.500. The molecule has 4 heteroatoms. The van der Waals surface area contributed by atoms with E-state index in [-0.39, 0.29) is 11.4 Å². The van der Waals surface area contributed by atoms with E-state index in [0.29, 0.717) is 19.8 Å². The number of nitrogens with one attached hydrogen (secondary N) is 1. The van der Waals surface area contributed by atoms with Gasteiger partial charge in [-0.2, -0.15) is 0 Å². The Kier molecular flexibility index (Phi) is 3.99. The monoisotopic (exact) mass is 248 g/mol. The topological polar surface area (TPSA) is 64.4 Å². The van der Waals surface area contributed by atoms with Gasteiger partial charge in [0.15, 0.2) is 0 Å². The Morgan fingerprint density at radius 1 is 1.50 bits per heavy atom. The van der Waals surface area contributed by atoms with Crippen molar-refractivity contribution in [3.05, 3.63) is 35.4 Å². The molecule has 1 aliphatic rings. The van der Waals surface area contributed by atoms with Gasteiger partial charge >= 0.3 is 0 Å². The molecule has 1 heterocycles. The zero-order valence-electron chi connectivity index (χ0n) is 10.7. The summed E-state index contributed by atoms with van der Waals surface area (Å²) in [6, 6.07) is 7.61. The zero-order chi connectivity index (χ0) is 13.0. The van der Waals surface area contributed by atoms with Crippen molar-refractivity contribution in [2.45, 2.75) is 25.3 Å². The lowest BCUT2D eigenvalue weighted by atomic mass is 9.99. The van der Waals surface area contributed by atoms with Gasteiger partial charge < -0.3 is 15.8 Å². The molecule has 1 aromatic carbocycles.